The van der Waals surface area contributed by atoms with Crippen LogP contribution in [0.4, 0.5) is 18.0 Å². The van der Waals surface area contributed by atoms with E-state index in [1.807, 2.05) is 4.90 Å². The van der Waals surface area contributed by atoms with E-state index in [4.69, 9.17) is 0 Å². The summed E-state index contributed by atoms with van der Waals surface area (Å²) in [6.07, 6.45) is -0.123. The fourth-order valence-electron chi connectivity index (χ4n) is 6.48. The first kappa shape index (κ1) is 23.4. The minimum atomic E-state index is -4.52. The van der Waals surface area contributed by atoms with Gasteiger partial charge in [-0.1, -0.05) is 0 Å². The lowest BCUT2D eigenvalue weighted by molar-refractivity contribution is -0.137. The van der Waals surface area contributed by atoms with Crippen LogP contribution in [0.2, 0.25) is 0 Å². The van der Waals surface area contributed by atoms with Crippen LogP contribution in [0.5, 0.6) is 0 Å². The summed E-state index contributed by atoms with van der Waals surface area (Å²) in [5.74, 6) is 2.93. The minimum absolute atomic E-state index is 0.000526. The standard InChI is InChI=1S/C24H27F3N6O3S/c25-24(26,27)17-3-5-18(6-4-17)37(35,36)33-13-23(14-33)11-32(12-23)21(34)31-9-22(10-31)7-16(8-22)20-28-19(29-30-20)15-1-2-15/h3-6,15-16H,1-2,7-14H2,(H,28,29,30). The second kappa shape index (κ2) is 7.46. The van der Waals surface area contributed by atoms with Crippen LogP contribution in [0.25, 0.3) is 0 Å². The number of H-pyrrole nitrogens is 1. The molecule has 2 saturated carbocycles. The molecule has 2 aliphatic carbocycles. The van der Waals surface area contributed by atoms with E-state index in [1.54, 1.807) is 4.90 Å². The molecule has 198 valence electrons. The Labute approximate surface area is 212 Å². The highest BCUT2D eigenvalue weighted by atomic mass is 32.2. The summed E-state index contributed by atoms with van der Waals surface area (Å²) in [7, 11) is -3.86. The Bertz CT molecular complexity index is 1340. The minimum Gasteiger partial charge on any atom is -0.328 e. The van der Waals surface area contributed by atoms with Crippen LogP contribution in [0.3, 0.4) is 0 Å². The second-order valence-corrected chi connectivity index (χ2v) is 13.7. The molecule has 13 heteroatoms. The smallest absolute Gasteiger partial charge is 0.328 e. The number of nitrogens with zero attached hydrogens (tertiary/aromatic N) is 5. The van der Waals surface area contributed by atoms with E-state index in [0.29, 0.717) is 24.9 Å². The van der Waals surface area contributed by atoms with Crippen molar-refractivity contribution >= 4 is 16.1 Å². The number of rotatable bonds is 4. The van der Waals surface area contributed by atoms with Gasteiger partial charge in [-0.3, -0.25) is 0 Å². The summed E-state index contributed by atoms with van der Waals surface area (Å²) < 4.78 is 65.2. The van der Waals surface area contributed by atoms with Gasteiger partial charge in [0, 0.05) is 61.9 Å². The summed E-state index contributed by atoms with van der Waals surface area (Å²) in [5, 5.41) is 8.61. The average Bonchev–Trinajstić information content (AvgIpc) is 3.47. The van der Waals surface area contributed by atoms with Crippen molar-refractivity contribution in [2.45, 2.75) is 48.6 Å². The van der Waals surface area contributed by atoms with E-state index in [2.05, 4.69) is 15.2 Å². The van der Waals surface area contributed by atoms with Gasteiger partial charge in [0.2, 0.25) is 10.0 Å². The highest BCUT2D eigenvalue weighted by Crippen LogP contribution is 2.56. The fourth-order valence-corrected chi connectivity index (χ4v) is 8.15. The third-order valence-corrected chi connectivity index (χ3v) is 10.5. The van der Waals surface area contributed by atoms with E-state index in [1.165, 1.54) is 17.1 Å². The Kier molecular flexibility index (Phi) is 4.73. The predicted octanol–water partition coefficient (Wildman–Crippen LogP) is 3.01. The first-order valence-electron chi connectivity index (χ1n) is 12.6. The van der Waals surface area contributed by atoms with Gasteiger partial charge in [-0.05, 0) is 49.9 Å². The Morgan fingerprint density at radius 2 is 1.41 bits per heavy atom. The second-order valence-electron chi connectivity index (χ2n) is 11.8. The van der Waals surface area contributed by atoms with Crippen LogP contribution in [0.1, 0.15) is 54.7 Å². The highest BCUT2D eigenvalue weighted by Gasteiger charge is 2.60. The maximum atomic E-state index is 12.9. The Morgan fingerprint density at radius 1 is 0.865 bits per heavy atom. The summed E-state index contributed by atoms with van der Waals surface area (Å²) in [6, 6.07) is 3.57. The van der Waals surface area contributed by atoms with Crippen molar-refractivity contribution in [3.63, 3.8) is 0 Å². The molecule has 1 aromatic heterocycles. The van der Waals surface area contributed by atoms with Crippen molar-refractivity contribution in [1.82, 2.24) is 29.3 Å². The number of aromatic nitrogens is 3. The van der Waals surface area contributed by atoms with Crippen LogP contribution in [-0.2, 0) is 16.2 Å². The number of nitrogens with one attached hydrogen (secondary N) is 1. The normalized spacial score (nSPS) is 24.9. The number of sulfonamides is 1. The number of halogens is 3. The molecule has 9 nitrogen and oxygen atoms in total. The average molecular weight is 537 g/mol. The van der Waals surface area contributed by atoms with E-state index in [0.717, 1.165) is 61.8 Å². The molecule has 0 bridgehead atoms. The third-order valence-electron chi connectivity index (χ3n) is 8.72. The number of benzene rings is 1. The third kappa shape index (κ3) is 3.76. The molecule has 1 N–H and O–H groups in total. The monoisotopic (exact) mass is 536 g/mol. The van der Waals surface area contributed by atoms with Crippen LogP contribution >= 0.6 is 0 Å². The van der Waals surface area contributed by atoms with Crippen molar-refractivity contribution in [1.29, 1.82) is 0 Å². The van der Waals surface area contributed by atoms with Gasteiger partial charge in [-0.2, -0.15) is 17.5 Å². The maximum absolute atomic E-state index is 12.9. The number of urea groups is 1. The van der Waals surface area contributed by atoms with Gasteiger partial charge in [0.25, 0.3) is 0 Å². The van der Waals surface area contributed by atoms with Gasteiger partial charge in [0.15, 0.2) is 0 Å². The molecule has 2 spiro atoms. The lowest BCUT2D eigenvalue weighted by Crippen LogP contribution is -2.76. The molecule has 0 radical (unpaired) electrons. The van der Waals surface area contributed by atoms with Gasteiger partial charge < -0.3 is 14.8 Å². The van der Waals surface area contributed by atoms with Gasteiger partial charge in [0.1, 0.15) is 11.6 Å². The van der Waals surface area contributed by atoms with Crippen molar-refractivity contribution in [2.24, 2.45) is 10.8 Å². The quantitative estimate of drug-likeness (QED) is 0.647. The van der Waals surface area contributed by atoms with Crippen LogP contribution in [0, 0.1) is 10.8 Å². The van der Waals surface area contributed by atoms with Gasteiger partial charge in [-0.25, -0.2) is 13.2 Å². The number of hydrogen-bond acceptors (Lipinski definition) is 5. The molecule has 2 aromatic rings. The number of carbonyl (C=O) groups excluding carboxylic acids is 1. The first-order chi connectivity index (χ1) is 17.5. The molecule has 5 fully saturated rings. The highest BCUT2D eigenvalue weighted by molar-refractivity contribution is 7.89. The number of alkyl halides is 3. The number of likely N-dealkylation sites (tertiary alicyclic amines) is 2. The van der Waals surface area contributed by atoms with Crippen molar-refractivity contribution < 1.29 is 26.4 Å². The maximum Gasteiger partial charge on any atom is 0.416 e. The lowest BCUT2D eigenvalue weighted by Gasteiger charge is -2.63. The molecule has 0 atom stereocenters. The van der Waals surface area contributed by atoms with Crippen molar-refractivity contribution in [3.8, 4) is 0 Å². The van der Waals surface area contributed by atoms with Gasteiger partial charge in [-0.15, -0.1) is 10.2 Å². The molecule has 1 aromatic carbocycles. The number of aromatic amines is 1. The molecule has 3 saturated heterocycles. The molecule has 2 amide bonds. The van der Waals surface area contributed by atoms with Crippen LogP contribution in [-0.4, -0.2) is 83.0 Å². The molecule has 37 heavy (non-hydrogen) atoms. The van der Waals surface area contributed by atoms with Crippen LogP contribution in [0.15, 0.2) is 29.2 Å². The molecule has 7 rings (SSSR count). The SMILES string of the molecule is O=C(N1CC2(CC(c3nnc(C4CC4)[nH]3)C2)C1)N1CC2(C1)CN(S(=O)(=O)c1ccc(C(F)(F)F)cc1)C2. The first-order valence-corrected chi connectivity index (χ1v) is 14.0. The molecule has 0 unspecified atom stereocenters. The Hall–Kier alpha value is -2.67. The molecule has 4 heterocycles. The molecular weight excluding hydrogens is 509 g/mol. The molecule has 5 aliphatic rings. The number of hydrogen-bond donors (Lipinski definition) is 1. The topological polar surface area (TPSA) is 102 Å². The van der Waals surface area contributed by atoms with Crippen molar-refractivity contribution in [2.75, 3.05) is 39.3 Å². The van der Waals surface area contributed by atoms with Crippen LogP contribution < -0.4 is 0 Å². The van der Waals surface area contributed by atoms with Gasteiger partial charge >= 0.3 is 12.2 Å². The Balaban J connectivity index is 0.879. The summed E-state index contributed by atoms with van der Waals surface area (Å²) in [5.41, 5.74) is -0.964. The van der Waals surface area contributed by atoms with E-state index < -0.39 is 21.8 Å². The van der Waals surface area contributed by atoms with Gasteiger partial charge in [0.05, 0.1) is 10.5 Å². The summed E-state index contributed by atoms with van der Waals surface area (Å²) >= 11 is 0. The van der Waals surface area contributed by atoms with E-state index in [-0.39, 0.29) is 34.8 Å². The summed E-state index contributed by atoms with van der Waals surface area (Å²) in [6.45, 7) is 3.02. The Morgan fingerprint density at radius 3 is 1.95 bits per heavy atom. The largest absolute Gasteiger partial charge is 0.416 e. The zero-order valence-corrected chi connectivity index (χ0v) is 20.9. The predicted molar refractivity (Wildman–Crippen MR) is 124 cm³/mol. The number of carbonyl (C=O) groups is 1. The van der Waals surface area contributed by atoms with E-state index in [9.17, 15) is 26.4 Å². The zero-order chi connectivity index (χ0) is 25.8. The van der Waals surface area contributed by atoms with Crippen molar-refractivity contribution in [3.05, 3.63) is 41.5 Å². The molecule has 3 aliphatic heterocycles. The number of amides is 2. The van der Waals surface area contributed by atoms with E-state index >= 15 is 0 Å². The zero-order valence-electron chi connectivity index (χ0n) is 20.0. The summed E-state index contributed by atoms with van der Waals surface area (Å²) in [4.78, 5) is 19.8. The molecular formula is C24H27F3N6O3S. The lowest BCUT2D eigenvalue weighted by atomic mass is 9.57. The fraction of sp³-hybridized carbons (Fsp3) is 0.625.